The van der Waals surface area contributed by atoms with Crippen molar-refractivity contribution < 1.29 is 27.9 Å². The van der Waals surface area contributed by atoms with Gasteiger partial charge in [-0.2, -0.15) is 0 Å². The lowest BCUT2D eigenvalue weighted by Gasteiger charge is -2.34. The highest BCUT2D eigenvalue weighted by atomic mass is 32.2. The van der Waals surface area contributed by atoms with Crippen LogP contribution in [0.5, 0.6) is 0 Å². The molecule has 2 N–H and O–H groups in total. The highest BCUT2D eigenvalue weighted by Crippen LogP contribution is 2.40. The lowest BCUT2D eigenvalue weighted by molar-refractivity contribution is -0.137. The highest BCUT2D eigenvalue weighted by Gasteiger charge is 2.57. The normalized spacial score (nSPS) is 25.4. The van der Waals surface area contributed by atoms with Crippen molar-refractivity contribution in [2.75, 3.05) is 6.54 Å². The van der Waals surface area contributed by atoms with E-state index in [4.69, 9.17) is 4.74 Å². The van der Waals surface area contributed by atoms with E-state index in [9.17, 15) is 23.1 Å². The fourth-order valence-electron chi connectivity index (χ4n) is 4.61. The molecule has 1 saturated heterocycles. The first-order chi connectivity index (χ1) is 13.8. The van der Waals surface area contributed by atoms with Crippen molar-refractivity contribution in [3.63, 3.8) is 0 Å². The molecule has 2 fully saturated rings. The Morgan fingerprint density at radius 2 is 1.80 bits per heavy atom. The maximum absolute atomic E-state index is 13.5. The van der Waals surface area contributed by atoms with E-state index < -0.39 is 44.5 Å². The Labute approximate surface area is 180 Å². The molecule has 2 rings (SSSR count). The predicted octanol–water partition coefficient (Wildman–Crippen LogP) is 3.51. The average Bonchev–Trinajstić information content (AvgIpc) is 2.92. The average molecular weight is 447 g/mol. The van der Waals surface area contributed by atoms with Crippen LogP contribution in [0.1, 0.15) is 86.0 Å². The molecule has 0 aromatic carbocycles. The number of carboxylic acid groups (broad SMARTS) is 1. The lowest BCUT2D eigenvalue weighted by atomic mass is 9.82. The molecule has 9 heteroatoms. The number of hydrogen-bond donors (Lipinski definition) is 2. The van der Waals surface area contributed by atoms with Gasteiger partial charge in [0.15, 0.2) is 5.78 Å². The topological polar surface area (TPSA) is 113 Å². The van der Waals surface area contributed by atoms with Gasteiger partial charge in [-0.1, -0.05) is 45.4 Å². The Kier molecular flexibility index (Phi) is 7.96. The van der Waals surface area contributed by atoms with Crippen molar-refractivity contribution in [2.45, 2.75) is 109 Å². The van der Waals surface area contributed by atoms with Crippen molar-refractivity contribution in [1.82, 2.24) is 9.62 Å². The summed E-state index contributed by atoms with van der Waals surface area (Å²) >= 11 is 0. The fourth-order valence-corrected chi connectivity index (χ4v) is 5.77. The molecule has 1 aliphatic heterocycles. The Hall–Kier alpha value is -1.19. The van der Waals surface area contributed by atoms with Crippen LogP contribution in [0.3, 0.4) is 0 Å². The van der Waals surface area contributed by atoms with E-state index in [2.05, 4.69) is 4.72 Å². The number of amides is 1. The van der Waals surface area contributed by atoms with Gasteiger partial charge in [0.1, 0.15) is 16.6 Å². The van der Waals surface area contributed by atoms with Gasteiger partial charge in [-0.25, -0.2) is 17.9 Å². The molecule has 0 spiro atoms. The quantitative estimate of drug-likeness (QED) is 0.524. The SMILES string of the molecule is CCCCNS(=O)(=O)C(C)(C)C(=O)[C@@H]1OC(C)(C)N(C(=O)O)[C@H]1CC1CCCCC1. The van der Waals surface area contributed by atoms with Crippen LogP contribution in [0.25, 0.3) is 0 Å². The third kappa shape index (κ3) is 5.16. The van der Waals surface area contributed by atoms with E-state index in [-0.39, 0.29) is 6.54 Å². The van der Waals surface area contributed by atoms with E-state index in [1.54, 1.807) is 13.8 Å². The highest BCUT2D eigenvalue weighted by molar-refractivity contribution is 7.91. The van der Waals surface area contributed by atoms with Crippen LogP contribution >= 0.6 is 0 Å². The molecule has 0 radical (unpaired) electrons. The van der Waals surface area contributed by atoms with Crippen molar-refractivity contribution in [1.29, 1.82) is 0 Å². The lowest BCUT2D eigenvalue weighted by Crippen LogP contribution is -2.55. The summed E-state index contributed by atoms with van der Waals surface area (Å²) in [5.74, 6) is -0.287. The summed E-state index contributed by atoms with van der Waals surface area (Å²) in [7, 11) is -3.95. The van der Waals surface area contributed by atoms with Crippen LogP contribution in [-0.4, -0.2) is 59.5 Å². The standard InChI is InChI=1S/C21H38N2O6S/c1-6-7-13-22-30(27,28)20(2,3)18(24)17-16(14-15-11-9-8-10-12-15)23(19(25)26)21(4,5)29-17/h15-17,22H,6-14H2,1-5H3,(H,25,26)/t16-,17+/m0/s1. The molecule has 30 heavy (non-hydrogen) atoms. The Balaban J connectivity index is 2.32. The third-order valence-electron chi connectivity index (χ3n) is 6.53. The first-order valence-corrected chi connectivity index (χ1v) is 12.6. The van der Waals surface area contributed by atoms with E-state index >= 15 is 0 Å². The summed E-state index contributed by atoms with van der Waals surface area (Å²) in [6.45, 7) is 8.20. The first kappa shape index (κ1) is 25.1. The zero-order valence-electron chi connectivity index (χ0n) is 18.9. The Morgan fingerprint density at radius 1 is 1.20 bits per heavy atom. The molecule has 0 aromatic rings. The van der Waals surface area contributed by atoms with E-state index in [0.717, 1.165) is 32.1 Å². The number of nitrogens with zero attached hydrogens (tertiary/aromatic N) is 1. The zero-order chi connectivity index (χ0) is 22.7. The minimum atomic E-state index is -3.95. The van der Waals surface area contributed by atoms with Gasteiger partial charge in [0, 0.05) is 6.54 Å². The number of hydrogen-bond acceptors (Lipinski definition) is 5. The number of nitrogens with one attached hydrogen (secondary N) is 1. The van der Waals surface area contributed by atoms with E-state index in [0.29, 0.717) is 18.8 Å². The molecule has 1 saturated carbocycles. The Morgan fingerprint density at radius 3 is 2.33 bits per heavy atom. The molecule has 2 aliphatic rings. The number of ether oxygens (including phenoxy) is 1. The van der Waals surface area contributed by atoms with Crippen molar-refractivity contribution in [3.8, 4) is 0 Å². The largest absolute Gasteiger partial charge is 0.465 e. The number of sulfonamides is 1. The minimum Gasteiger partial charge on any atom is -0.465 e. The van der Waals surface area contributed by atoms with E-state index in [1.165, 1.54) is 25.2 Å². The van der Waals surface area contributed by atoms with E-state index in [1.807, 2.05) is 6.92 Å². The molecule has 8 nitrogen and oxygen atoms in total. The van der Waals surface area contributed by atoms with Crippen LogP contribution < -0.4 is 4.72 Å². The molecule has 1 heterocycles. The summed E-state index contributed by atoms with van der Waals surface area (Å²) in [6, 6.07) is -0.696. The Bertz CT molecular complexity index is 728. The second kappa shape index (κ2) is 9.53. The molecule has 0 aromatic heterocycles. The van der Waals surface area contributed by atoms with Crippen LogP contribution in [0.2, 0.25) is 0 Å². The van der Waals surface area contributed by atoms with Gasteiger partial charge in [0.25, 0.3) is 0 Å². The molecular formula is C21H38N2O6S. The second-order valence-electron chi connectivity index (χ2n) is 9.57. The van der Waals surface area contributed by atoms with Crippen molar-refractivity contribution in [2.24, 2.45) is 5.92 Å². The van der Waals surface area contributed by atoms with Crippen LogP contribution in [0.4, 0.5) is 4.79 Å². The van der Waals surface area contributed by atoms with Crippen LogP contribution in [0.15, 0.2) is 0 Å². The van der Waals surface area contributed by atoms with Crippen LogP contribution in [-0.2, 0) is 19.6 Å². The summed E-state index contributed by atoms with van der Waals surface area (Å²) in [6.07, 6.45) is 5.07. The second-order valence-corrected chi connectivity index (χ2v) is 11.9. The first-order valence-electron chi connectivity index (χ1n) is 11.1. The molecule has 0 unspecified atom stereocenters. The summed E-state index contributed by atoms with van der Waals surface area (Å²) in [4.78, 5) is 26.8. The van der Waals surface area contributed by atoms with Gasteiger partial charge < -0.3 is 9.84 Å². The van der Waals surface area contributed by atoms with Gasteiger partial charge in [-0.05, 0) is 46.5 Å². The summed E-state index contributed by atoms with van der Waals surface area (Å²) < 4.78 is 32.5. The minimum absolute atomic E-state index is 0.263. The van der Waals surface area contributed by atoms with Crippen molar-refractivity contribution in [3.05, 3.63) is 0 Å². The van der Waals surface area contributed by atoms with Gasteiger partial charge in [0.2, 0.25) is 10.0 Å². The number of rotatable bonds is 9. The number of unbranched alkanes of at least 4 members (excludes halogenated alkanes) is 1. The fraction of sp³-hybridized carbons (Fsp3) is 0.905. The molecule has 2 atom stereocenters. The van der Waals surface area contributed by atoms with Gasteiger partial charge in [0.05, 0.1) is 6.04 Å². The van der Waals surface area contributed by atoms with Crippen molar-refractivity contribution >= 4 is 21.9 Å². The number of ketones is 1. The number of carbonyl (C=O) groups excluding carboxylic acids is 1. The zero-order valence-corrected chi connectivity index (χ0v) is 19.8. The van der Waals surface area contributed by atoms with Gasteiger partial charge in [-0.15, -0.1) is 0 Å². The summed E-state index contributed by atoms with van der Waals surface area (Å²) in [5, 5.41) is 9.86. The molecule has 1 amide bonds. The van der Waals surface area contributed by atoms with Gasteiger partial charge in [-0.3, -0.25) is 9.69 Å². The predicted molar refractivity (Wildman–Crippen MR) is 115 cm³/mol. The molecule has 0 bridgehead atoms. The number of Topliss-reactive ketones (excluding diaryl/α,β-unsaturated/α-hetero) is 1. The van der Waals surface area contributed by atoms with Crippen LogP contribution in [0, 0.1) is 5.92 Å². The number of carbonyl (C=O) groups is 2. The monoisotopic (exact) mass is 446 g/mol. The summed E-state index contributed by atoms with van der Waals surface area (Å²) in [5.41, 5.74) is -1.21. The molecule has 1 aliphatic carbocycles. The van der Waals surface area contributed by atoms with Gasteiger partial charge >= 0.3 is 6.09 Å². The maximum Gasteiger partial charge on any atom is 0.409 e. The smallest absolute Gasteiger partial charge is 0.409 e. The third-order valence-corrected chi connectivity index (χ3v) is 8.66. The molecule has 174 valence electrons. The maximum atomic E-state index is 13.5. The molecular weight excluding hydrogens is 408 g/mol.